The third kappa shape index (κ3) is 4.95. The van der Waals surface area contributed by atoms with E-state index in [-0.39, 0.29) is 18.2 Å². The number of nitrogens with one attached hydrogen (secondary N) is 1. The summed E-state index contributed by atoms with van der Waals surface area (Å²) in [4.78, 5) is 37.0. The number of thiophene rings is 1. The number of esters is 1. The number of benzene rings is 1. The van der Waals surface area contributed by atoms with E-state index in [0.717, 1.165) is 5.56 Å². The van der Waals surface area contributed by atoms with Gasteiger partial charge in [-0.25, -0.2) is 4.79 Å². The Morgan fingerprint density at radius 1 is 1.14 bits per heavy atom. The van der Waals surface area contributed by atoms with Crippen molar-refractivity contribution in [2.75, 3.05) is 11.9 Å². The zero-order valence-electron chi connectivity index (χ0n) is 15.3. The summed E-state index contributed by atoms with van der Waals surface area (Å²) in [6, 6.07) is 11.7. The highest BCUT2D eigenvalue weighted by Gasteiger charge is 2.14. The molecule has 3 rings (SSSR count). The molecule has 28 heavy (non-hydrogen) atoms. The molecule has 2 aromatic heterocycles. The summed E-state index contributed by atoms with van der Waals surface area (Å²) in [6.07, 6.45) is 2.20. The molecule has 3 aromatic rings. The average molecular weight is 397 g/mol. The molecule has 1 aromatic carbocycles. The standard InChI is InChI=1S/C21H19NO5S/c1-14-8-9-15(13-16(14)22-20(24)18-6-3-10-26-18)21(25)27-11-2-5-17(23)19-7-4-12-28-19/h3-4,6-10,12-13H,2,5,11H2,1H3,(H,22,24). The van der Waals surface area contributed by atoms with Gasteiger partial charge in [0.25, 0.3) is 5.91 Å². The Bertz CT molecular complexity index is 961. The molecule has 0 spiro atoms. The number of ether oxygens (including phenoxy) is 1. The Morgan fingerprint density at radius 3 is 2.71 bits per heavy atom. The summed E-state index contributed by atoms with van der Waals surface area (Å²) >= 11 is 1.40. The van der Waals surface area contributed by atoms with Crippen molar-refractivity contribution in [1.29, 1.82) is 0 Å². The second kappa shape index (κ2) is 9.14. The normalized spacial score (nSPS) is 10.5. The molecule has 1 amide bonds. The number of amides is 1. The van der Waals surface area contributed by atoms with Crippen molar-refractivity contribution < 1.29 is 23.5 Å². The number of hydrogen-bond acceptors (Lipinski definition) is 6. The zero-order chi connectivity index (χ0) is 19.9. The van der Waals surface area contributed by atoms with E-state index in [4.69, 9.17) is 9.15 Å². The SMILES string of the molecule is Cc1ccc(C(=O)OCCCC(=O)c2cccs2)cc1NC(=O)c1ccco1. The molecule has 0 aliphatic carbocycles. The summed E-state index contributed by atoms with van der Waals surface area (Å²) in [5.41, 5.74) is 1.63. The lowest BCUT2D eigenvalue weighted by molar-refractivity contribution is 0.0494. The minimum Gasteiger partial charge on any atom is -0.462 e. The van der Waals surface area contributed by atoms with Gasteiger partial charge in [-0.3, -0.25) is 9.59 Å². The number of Topliss-reactive ketones (excluding diaryl/α,β-unsaturated/α-hetero) is 1. The Morgan fingerprint density at radius 2 is 2.00 bits per heavy atom. The number of anilines is 1. The van der Waals surface area contributed by atoms with Gasteiger partial charge in [-0.15, -0.1) is 11.3 Å². The number of furan rings is 1. The molecule has 6 nitrogen and oxygen atoms in total. The van der Waals surface area contributed by atoms with Crippen molar-refractivity contribution in [3.05, 3.63) is 75.9 Å². The number of carbonyl (C=O) groups is 3. The molecule has 0 atom stereocenters. The van der Waals surface area contributed by atoms with E-state index in [2.05, 4.69) is 5.32 Å². The quantitative estimate of drug-likeness (QED) is 0.338. The van der Waals surface area contributed by atoms with Crippen molar-refractivity contribution in [2.45, 2.75) is 19.8 Å². The minimum atomic E-state index is -0.503. The monoisotopic (exact) mass is 397 g/mol. The molecule has 1 N–H and O–H groups in total. The first-order valence-electron chi connectivity index (χ1n) is 8.74. The fourth-order valence-corrected chi connectivity index (χ4v) is 3.21. The number of hydrogen-bond donors (Lipinski definition) is 1. The summed E-state index contributed by atoms with van der Waals surface area (Å²) in [5, 5.41) is 4.58. The van der Waals surface area contributed by atoms with Crippen LogP contribution in [-0.2, 0) is 4.74 Å². The summed E-state index contributed by atoms with van der Waals surface area (Å²) < 4.78 is 10.3. The van der Waals surface area contributed by atoms with Crippen molar-refractivity contribution in [3.63, 3.8) is 0 Å². The van der Waals surface area contributed by atoms with Crippen LogP contribution in [0.3, 0.4) is 0 Å². The first kappa shape index (κ1) is 19.6. The van der Waals surface area contributed by atoms with E-state index >= 15 is 0 Å². The molecule has 0 aliphatic heterocycles. The zero-order valence-corrected chi connectivity index (χ0v) is 16.1. The van der Waals surface area contributed by atoms with Crippen LogP contribution in [0.4, 0.5) is 5.69 Å². The van der Waals surface area contributed by atoms with Crippen LogP contribution in [0.25, 0.3) is 0 Å². The van der Waals surface area contributed by atoms with E-state index < -0.39 is 11.9 Å². The van der Waals surface area contributed by atoms with Gasteiger partial charge in [0.1, 0.15) is 0 Å². The summed E-state index contributed by atoms with van der Waals surface area (Å²) in [6.45, 7) is 1.97. The fraction of sp³-hybridized carbons (Fsp3) is 0.190. The predicted molar refractivity (Wildman–Crippen MR) is 106 cm³/mol. The molecule has 0 saturated heterocycles. The van der Waals surface area contributed by atoms with Gasteiger partial charge in [-0.1, -0.05) is 12.1 Å². The summed E-state index contributed by atoms with van der Waals surface area (Å²) in [7, 11) is 0. The number of aryl methyl sites for hydroxylation is 1. The Balaban J connectivity index is 1.53. The van der Waals surface area contributed by atoms with Gasteiger partial charge in [0.2, 0.25) is 0 Å². The first-order chi connectivity index (χ1) is 13.5. The fourth-order valence-electron chi connectivity index (χ4n) is 2.52. The van der Waals surface area contributed by atoms with E-state index in [1.54, 1.807) is 36.4 Å². The molecule has 0 unspecified atom stereocenters. The van der Waals surface area contributed by atoms with Gasteiger partial charge >= 0.3 is 5.97 Å². The highest BCUT2D eigenvalue weighted by molar-refractivity contribution is 7.12. The van der Waals surface area contributed by atoms with Crippen LogP contribution >= 0.6 is 11.3 Å². The van der Waals surface area contributed by atoms with Gasteiger partial charge in [0, 0.05) is 12.1 Å². The van der Waals surface area contributed by atoms with Crippen LogP contribution in [0.2, 0.25) is 0 Å². The topological polar surface area (TPSA) is 85.6 Å². The summed E-state index contributed by atoms with van der Waals surface area (Å²) in [5.74, 6) is -0.671. The maximum absolute atomic E-state index is 12.3. The largest absolute Gasteiger partial charge is 0.462 e. The number of carbonyl (C=O) groups excluding carboxylic acids is 3. The van der Waals surface area contributed by atoms with Gasteiger partial charge < -0.3 is 14.5 Å². The Labute approximate surface area is 166 Å². The average Bonchev–Trinajstić information content (AvgIpc) is 3.40. The van der Waals surface area contributed by atoms with E-state index in [1.165, 1.54) is 17.6 Å². The van der Waals surface area contributed by atoms with Crippen molar-refractivity contribution in [1.82, 2.24) is 0 Å². The molecule has 0 saturated carbocycles. The molecule has 0 fully saturated rings. The van der Waals surface area contributed by atoms with Crippen molar-refractivity contribution in [3.8, 4) is 0 Å². The van der Waals surface area contributed by atoms with Crippen LogP contribution in [-0.4, -0.2) is 24.3 Å². The van der Waals surface area contributed by atoms with Crippen LogP contribution < -0.4 is 5.32 Å². The molecule has 144 valence electrons. The molecular formula is C21H19NO5S. The van der Waals surface area contributed by atoms with Crippen LogP contribution in [0.15, 0.2) is 58.5 Å². The highest BCUT2D eigenvalue weighted by atomic mass is 32.1. The lowest BCUT2D eigenvalue weighted by Gasteiger charge is -2.10. The van der Waals surface area contributed by atoms with Gasteiger partial charge in [0.05, 0.1) is 23.3 Å². The molecule has 0 bridgehead atoms. The molecule has 2 heterocycles. The molecular weight excluding hydrogens is 378 g/mol. The smallest absolute Gasteiger partial charge is 0.338 e. The second-order valence-corrected chi connectivity index (χ2v) is 7.05. The molecule has 0 aliphatic rings. The minimum absolute atomic E-state index is 0.0457. The van der Waals surface area contributed by atoms with Gasteiger partial charge in [-0.2, -0.15) is 0 Å². The van der Waals surface area contributed by atoms with Crippen LogP contribution in [0, 0.1) is 6.92 Å². The Hall–Kier alpha value is -3.19. The third-order valence-corrected chi connectivity index (χ3v) is 4.95. The second-order valence-electron chi connectivity index (χ2n) is 6.10. The van der Waals surface area contributed by atoms with Gasteiger partial charge in [0.15, 0.2) is 11.5 Å². The number of rotatable bonds is 8. The van der Waals surface area contributed by atoms with Crippen molar-refractivity contribution >= 4 is 34.7 Å². The highest BCUT2D eigenvalue weighted by Crippen LogP contribution is 2.19. The van der Waals surface area contributed by atoms with Crippen molar-refractivity contribution in [2.24, 2.45) is 0 Å². The van der Waals surface area contributed by atoms with E-state index in [1.807, 2.05) is 18.4 Å². The lowest BCUT2D eigenvalue weighted by Crippen LogP contribution is -2.13. The van der Waals surface area contributed by atoms with Crippen LogP contribution in [0.1, 0.15) is 49.0 Å². The molecule has 0 radical (unpaired) electrons. The maximum atomic E-state index is 12.3. The van der Waals surface area contributed by atoms with E-state index in [0.29, 0.717) is 29.0 Å². The molecule has 7 heteroatoms. The maximum Gasteiger partial charge on any atom is 0.338 e. The number of ketones is 1. The first-order valence-corrected chi connectivity index (χ1v) is 9.62. The van der Waals surface area contributed by atoms with Crippen LogP contribution in [0.5, 0.6) is 0 Å². The van der Waals surface area contributed by atoms with Gasteiger partial charge in [-0.05, 0) is 54.6 Å². The third-order valence-electron chi connectivity index (χ3n) is 4.04. The predicted octanol–water partition coefficient (Wildman–Crippen LogP) is 4.72. The Kier molecular flexibility index (Phi) is 6.39. The lowest BCUT2D eigenvalue weighted by atomic mass is 10.1. The van der Waals surface area contributed by atoms with E-state index in [9.17, 15) is 14.4 Å².